The van der Waals surface area contributed by atoms with E-state index in [0.29, 0.717) is 19.0 Å². The van der Waals surface area contributed by atoms with E-state index in [1.807, 2.05) is 12.1 Å². The number of aliphatic imine (C=N–C) groups is 1. The van der Waals surface area contributed by atoms with Crippen molar-refractivity contribution in [1.29, 1.82) is 0 Å². The first-order chi connectivity index (χ1) is 11.4. The van der Waals surface area contributed by atoms with Gasteiger partial charge in [-0.2, -0.15) is 0 Å². The quantitative estimate of drug-likeness (QED) is 0.352. The highest BCUT2D eigenvalue weighted by Gasteiger charge is 2.07. The molecule has 4 N–H and O–H groups in total. The lowest BCUT2D eigenvalue weighted by Gasteiger charge is -2.13. The molecule has 2 aromatic rings. The maximum absolute atomic E-state index is 11.2. The first-order valence-electron chi connectivity index (χ1n) is 7.51. The zero-order valence-electron chi connectivity index (χ0n) is 14.2. The van der Waals surface area contributed by atoms with Crippen molar-refractivity contribution in [3.8, 4) is 0 Å². The summed E-state index contributed by atoms with van der Waals surface area (Å²) >= 11 is 0. The Kier molecular flexibility index (Phi) is 8.33. The third-order valence-corrected chi connectivity index (χ3v) is 4.57. The molecule has 2 aromatic carbocycles. The molecule has 0 saturated heterocycles. The average molecular weight is 474 g/mol. The van der Waals surface area contributed by atoms with Gasteiger partial charge in [0.05, 0.1) is 4.90 Å². The number of hydrogen-bond donors (Lipinski definition) is 3. The standard InChI is InChI=1S/C17H22N4O2S.HI/c1-13-5-3-4-6-15(13)12-21-17(19-2)20-11-14-7-9-16(10-8-14)24(18,22)23;/h3-10H,11-12H2,1-2H3,(H2,18,22,23)(H2,19,20,21);1H. The summed E-state index contributed by atoms with van der Waals surface area (Å²) in [5.74, 6) is 0.675. The fourth-order valence-electron chi connectivity index (χ4n) is 2.19. The first kappa shape index (κ1) is 21.4. The zero-order valence-corrected chi connectivity index (χ0v) is 17.3. The molecule has 0 saturated carbocycles. The summed E-state index contributed by atoms with van der Waals surface area (Å²) in [7, 11) is -1.95. The van der Waals surface area contributed by atoms with Gasteiger partial charge in [-0.1, -0.05) is 36.4 Å². The van der Waals surface area contributed by atoms with Crippen molar-refractivity contribution in [3.05, 3.63) is 65.2 Å². The van der Waals surface area contributed by atoms with Crippen molar-refractivity contribution < 1.29 is 8.42 Å². The van der Waals surface area contributed by atoms with Crippen molar-refractivity contribution in [1.82, 2.24) is 10.6 Å². The third-order valence-electron chi connectivity index (χ3n) is 3.64. The summed E-state index contributed by atoms with van der Waals surface area (Å²) < 4.78 is 22.5. The zero-order chi connectivity index (χ0) is 17.6. The van der Waals surface area contributed by atoms with Gasteiger partial charge in [-0.25, -0.2) is 13.6 Å². The van der Waals surface area contributed by atoms with E-state index < -0.39 is 10.0 Å². The molecular weight excluding hydrogens is 451 g/mol. The number of halogens is 1. The molecule has 0 unspecified atom stereocenters. The highest BCUT2D eigenvalue weighted by Crippen LogP contribution is 2.09. The fourth-order valence-corrected chi connectivity index (χ4v) is 2.71. The molecule has 0 spiro atoms. The van der Waals surface area contributed by atoms with Gasteiger partial charge >= 0.3 is 0 Å². The minimum absolute atomic E-state index is 0. The van der Waals surface area contributed by atoms with Crippen molar-refractivity contribution >= 4 is 40.0 Å². The van der Waals surface area contributed by atoms with Crippen LogP contribution in [0, 0.1) is 6.92 Å². The van der Waals surface area contributed by atoms with Crippen molar-refractivity contribution in [2.24, 2.45) is 10.1 Å². The molecule has 0 aliphatic heterocycles. The van der Waals surface area contributed by atoms with E-state index in [2.05, 4.69) is 34.7 Å². The molecule has 8 heteroatoms. The number of rotatable bonds is 5. The van der Waals surface area contributed by atoms with Crippen LogP contribution < -0.4 is 15.8 Å². The number of primary sulfonamides is 1. The predicted molar refractivity (Wildman–Crippen MR) is 111 cm³/mol. The molecular formula is C17H23IN4O2S. The molecule has 6 nitrogen and oxygen atoms in total. The molecule has 0 heterocycles. The van der Waals surface area contributed by atoms with E-state index in [1.54, 1.807) is 19.2 Å². The second-order valence-corrected chi connectivity index (χ2v) is 6.96. The van der Waals surface area contributed by atoms with Crippen LogP contribution in [0.2, 0.25) is 0 Å². The Balaban J connectivity index is 0.00000312. The smallest absolute Gasteiger partial charge is 0.238 e. The summed E-state index contributed by atoms with van der Waals surface area (Å²) in [6, 6.07) is 14.6. The molecule has 0 amide bonds. The summed E-state index contributed by atoms with van der Waals surface area (Å²) in [5, 5.41) is 11.5. The lowest BCUT2D eigenvalue weighted by Crippen LogP contribution is -2.36. The van der Waals surface area contributed by atoms with Crippen LogP contribution in [0.25, 0.3) is 0 Å². The topological polar surface area (TPSA) is 96.6 Å². The normalized spacial score (nSPS) is 11.6. The Morgan fingerprint density at radius 1 is 1.04 bits per heavy atom. The summed E-state index contributed by atoms with van der Waals surface area (Å²) in [6.45, 7) is 3.27. The summed E-state index contributed by atoms with van der Waals surface area (Å²) in [5.41, 5.74) is 3.36. The lowest BCUT2D eigenvalue weighted by molar-refractivity contribution is 0.597. The Bertz CT molecular complexity index is 821. The molecule has 0 bridgehead atoms. The van der Waals surface area contributed by atoms with Crippen LogP contribution >= 0.6 is 24.0 Å². The minimum atomic E-state index is -3.66. The van der Waals surface area contributed by atoms with Gasteiger partial charge in [-0.15, -0.1) is 24.0 Å². The molecule has 0 aliphatic carbocycles. The van der Waals surface area contributed by atoms with Crippen LogP contribution in [0.4, 0.5) is 0 Å². The molecule has 0 aromatic heterocycles. The predicted octanol–water partition coefficient (Wildman–Crippen LogP) is 2.13. The first-order valence-corrected chi connectivity index (χ1v) is 9.05. The van der Waals surface area contributed by atoms with Crippen LogP contribution in [-0.2, 0) is 23.1 Å². The van der Waals surface area contributed by atoms with E-state index in [1.165, 1.54) is 23.3 Å². The number of benzene rings is 2. The molecule has 25 heavy (non-hydrogen) atoms. The van der Waals surface area contributed by atoms with Gasteiger partial charge in [-0.3, -0.25) is 4.99 Å². The molecule has 0 fully saturated rings. The van der Waals surface area contributed by atoms with E-state index in [-0.39, 0.29) is 28.9 Å². The number of hydrogen-bond acceptors (Lipinski definition) is 3. The van der Waals surface area contributed by atoms with Crippen molar-refractivity contribution in [3.63, 3.8) is 0 Å². The molecule has 0 aliphatic rings. The van der Waals surface area contributed by atoms with E-state index in [4.69, 9.17) is 5.14 Å². The van der Waals surface area contributed by atoms with Gasteiger partial charge < -0.3 is 10.6 Å². The van der Waals surface area contributed by atoms with Gasteiger partial charge in [0.15, 0.2) is 5.96 Å². The number of guanidine groups is 1. The van der Waals surface area contributed by atoms with Gasteiger partial charge in [0.25, 0.3) is 0 Å². The molecule has 0 radical (unpaired) electrons. The van der Waals surface area contributed by atoms with E-state index >= 15 is 0 Å². The Hall–Kier alpha value is -1.65. The van der Waals surface area contributed by atoms with Crippen LogP contribution in [-0.4, -0.2) is 21.4 Å². The summed E-state index contributed by atoms with van der Waals surface area (Å²) in [4.78, 5) is 4.29. The Labute approximate surface area is 166 Å². The second kappa shape index (κ2) is 9.73. The van der Waals surface area contributed by atoms with Gasteiger partial charge in [-0.05, 0) is 35.7 Å². The summed E-state index contributed by atoms with van der Waals surface area (Å²) in [6.07, 6.45) is 0. The highest BCUT2D eigenvalue weighted by atomic mass is 127. The van der Waals surface area contributed by atoms with Crippen LogP contribution in [0.15, 0.2) is 58.4 Å². The Morgan fingerprint density at radius 2 is 1.64 bits per heavy atom. The average Bonchev–Trinajstić information content (AvgIpc) is 2.56. The number of aryl methyl sites for hydroxylation is 1. The number of nitrogens with one attached hydrogen (secondary N) is 2. The van der Waals surface area contributed by atoms with Gasteiger partial charge in [0.2, 0.25) is 10.0 Å². The fraction of sp³-hybridized carbons (Fsp3) is 0.235. The molecule has 2 rings (SSSR count). The van der Waals surface area contributed by atoms with E-state index in [9.17, 15) is 8.42 Å². The van der Waals surface area contributed by atoms with Crippen LogP contribution in [0.1, 0.15) is 16.7 Å². The largest absolute Gasteiger partial charge is 0.352 e. The molecule has 136 valence electrons. The van der Waals surface area contributed by atoms with Crippen LogP contribution in [0.3, 0.4) is 0 Å². The van der Waals surface area contributed by atoms with Crippen molar-refractivity contribution in [2.75, 3.05) is 7.05 Å². The van der Waals surface area contributed by atoms with Crippen molar-refractivity contribution in [2.45, 2.75) is 24.9 Å². The maximum Gasteiger partial charge on any atom is 0.238 e. The number of nitrogens with zero attached hydrogens (tertiary/aromatic N) is 1. The number of nitrogens with two attached hydrogens (primary N) is 1. The maximum atomic E-state index is 11.2. The monoisotopic (exact) mass is 474 g/mol. The van der Waals surface area contributed by atoms with Gasteiger partial charge in [0, 0.05) is 20.1 Å². The lowest BCUT2D eigenvalue weighted by atomic mass is 10.1. The third kappa shape index (κ3) is 6.63. The van der Waals surface area contributed by atoms with Crippen LogP contribution in [0.5, 0.6) is 0 Å². The SMILES string of the molecule is CN=C(NCc1ccc(S(N)(=O)=O)cc1)NCc1ccccc1C.I. The van der Waals surface area contributed by atoms with Gasteiger partial charge in [0.1, 0.15) is 0 Å². The Morgan fingerprint density at radius 3 is 2.20 bits per heavy atom. The number of sulfonamides is 1. The minimum Gasteiger partial charge on any atom is -0.352 e. The molecule has 0 atom stereocenters. The second-order valence-electron chi connectivity index (χ2n) is 5.39. The van der Waals surface area contributed by atoms with E-state index in [0.717, 1.165) is 5.56 Å². The highest BCUT2D eigenvalue weighted by molar-refractivity contribution is 14.0.